The van der Waals surface area contributed by atoms with Crippen molar-refractivity contribution in [2.24, 2.45) is 4.99 Å². The van der Waals surface area contributed by atoms with Gasteiger partial charge in [-0.2, -0.15) is 0 Å². The molecule has 1 fully saturated rings. The van der Waals surface area contributed by atoms with E-state index < -0.39 is 0 Å². The molecule has 0 radical (unpaired) electrons. The van der Waals surface area contributed by atoms with Crippen molar-refractivity contribution in [2.45, 2.75) is 6.42 Å². The molecule has 1 heterocycles. The third-order valence-corrected chi connectivity index (χ3v) is 4.84. The van der Waals surface area contributed by atoms with Crippen molar-refractivity contribution in [1.29, 1.82) is 0 Å². The molecule has 0 spiro atoms. The van der Waals surface area contributed by atoms with Gasteiger partial charge >= 0.3 is 0 Å². The Hall–Kier alpha value is -3.25. The number of amidine groups is 1. The number of aliphatic imine (C=N–C) groups is 1. The molecule has 0 unspecified atom stereocenters. The number of para-hydroxylation sites is 1. The van der Waals surface area contributed by atoms with E-state index in [9.17, 15) is 9.90 Å². The molecule has 1 amide bonds. The Labute approximate surface area is 160 Å². The highest BCUT2D eigenvalue weighted by Gasteiger charge is 2.36. The number of amides is 1. The smallest absolute Gasteiger partial charge is 0.300 e. The predicted octanol–water partition coefficient (Wildman–Crippen LogP) is 4.77. The molecule has 2 aromatic rings. The van der Waals surface area contributed by atoms with Gasteiger partial charge in [0.15, 0.2) is 0 Å². The Morgan fingerprint density at radius 3 is 2.59 bits per heavy atom. The first-order valence-corrected chi connectivity index (χ1v) is 9.21. The molecule has 6 heteroatoms. The SMILES string of the molecule is O=C1/C(=C/c2ccc(O)cc2)SC(=Nc2ccccc2)N1OC1=CC=CC1. The van der Waals surface area contributed by atoms with Gasteiger partial charge in [0.2, 0.25) is 5.17 Å². The zero-order valence-corrected chi connectivity index (χ0v) is 15.1. The van der Waals surface area contributed by atoms with E-state index in [0.717, 1.165) is 11.3 Å². The van der Waals surface area contributed by atoms with Crippen LogP contribution < -0.4 is 0 Å². The van der Waals surface area contributed by atoms with Crippen molar-refractivity contribution in [2.75, 3.05) is 0 Å². The summed E-state index contributed by atoms with van der Waals surface area (Å²) in [5.74, 6) is 0.602. The standard InChI is InChI=1S/C21H16N2O3S/c24-17-12-10-15(11-13-17)14-19-20(25)23(26-18-8-4-5-9-18)21(27-19)22-16-6-2-1-3-7-16/h1-8,10-14,24H,9H2/b19-14-,22-21?. The molecule has 0 saturated carbocycles. The van der Waals surface area contributed by atoms with Gasteiger partial charge in [-0.05, 0) is 53.7 Å². The number of hydrogen-bond donors (Lipinski definition) is 1. The number of allylic oxidation sites excluding steroid dienone is 3. The predicted molar refractivity (Wildman–Crippen MR) is 107 cm³/mol. The van der Waals surface area contributed by atoms with Gasteiger partial charge in [-0.15, -0.1) is 5.06 Å². The van der Waals surface area contributed by atoms with Crippen LogP contribution in [0.1, 0.15) is 12.0 Å². The van der Waals surface area contributed by atoms with Crippen LogP contribution in [-0.2, 0) is 9.63 Å². The lowest BCUT2D eigenvalue weighted by molar-refractivity contribution is -0.147. The molecule has 2 aromatic carbocycles. The van der Waals surface area contributed by atoms with E-state index in [1.165, 1.54) is 16.8 Å². The molecule has 0 aromatic heterocycles. The van der Waals surface area contributed by atoms with Crippen LogP contribution >= 0.6 is 11.8 Å². The monoisotopic (exact) mass is 376 g/mol. The number of phenolic OH excluding ortho intramolecular Hbond substituents is 1. The van der Waals surface area contributed by atoms with Crippen LogP contribution in [-0.4, -0.2) is 21.2 Å². The molecule has 134 valence electrons. The zero-order chi connectivity index (χ0) is 18.6. The average Bonchev–Trinajstić information content (AvgIpc) is 3.29. The van der Waals surface area contributed by atoms with Crippen molar-refractivity contribution in [3.8, 4) is 5.75 Å². The van der Waals surface area contributed by atoms with Crippen molar-refractivity contribution < 1.29 is 14.7 Å². The van der Waals surface area contributed by atoms with Crippen molar-refractivity contribution in [3.05, 3.63) is 89.1 Å². The highest BCUT2D eigenvalue weighted by molar-refractivity contribution is 8.18. The first kappa shape index (κ1) is 17.2. The number of aromatic hydroxyl groups is 1. The van der Waals surface area contributed by atoms with Gasteiger partial charge in [-0.25, -0.2) is 4.99 Å². The molecule has 1 aliphatic carbocycles. The van der Waals surface area contributed by atoms with Gasteiger partial charge in [0, 0.05) is 6.42 Å². The second-order valence-corrected chi connectivity index (χ2v) is 6.90. The summed E-state index contributed by atoms with van der Waals surface area (Å²) in [6.07, 6.45) is 8.09. The molecular formula is C21H16N2O3S. The third-order valence-electron chi connectivity index (χ3n) is 3.89. The second-order valence-electron chi connectivity index (χ2n) is 5.89. The summed E-state index contributed by atoms with van der Waals surface area (Å²) in [6.45, 7) is 0. The number of rotatable bonds is 4. The third kappa shape index (κ3) is 3.96. The minimum Gasteiger partial charge on any atom is -0.508 e. The van der Waals surface area contributed by atoms with Gasteiger partial charge in [0.25, 0.3) is 5.91 Å². The van der Waals surface area contributed by atoms with Crippen LogP contribution in [0.5, 0.6) is 5.75 Å². The minimum absolute atomic E-state index is 0.180. The fourth-order valence-electron chi connectivity index (χ4n) is 2.56. The molecule has 1 aliphatic heterocycles. The summed E-state index contributed by atoms with van der Waals surface area (Å²) in [4.78, 5) is 23.8. The second kappa shape index (κ2) is 7.55. The van der Waals surface area contributed by atoms with E-state index in [0.29, 0.717) is 22.3 Å². The van der Waals surface area contributed by atoms with Crippen LogP contribution in [0.2, 0.25) is 0 Å². The average molecular weight is 376 g/mol. The normalized spacial score (nSPS) is 19.2. The summed E-state index contributed by atoms with van der Waals surface area (Å²) in [5.41, 5.74) is 1.55. The van der Waals surface area contributed by atoms with Crippen molar-refractivity contribution in [1.82, 2.24) is 5.06 Å². The number of phenols is 1. The van der Waals surface area contributed by atoms with Crippen LogP contribution in [0, 0.1) is 0 Å². The van der Waals surface area contributed by atoms with Gasteiger partial charge in [0.1, 0.15) is 11.5 Å². The first-order chi connectivity index (χ1) is 13.2. The summed E-state index contributed by atoms with van der Waals surface area (Å²) in [6, 6.07) is 16.1. The molecule has 27 heavy (non-hydrogen) atoms. The number of carbonyl (C=O) groups is 1. The zero-order valence-electron chi connectivity index (χ0n) is 14.3. The number of hydrogen-bond acceptors (Lipinski definition) is 5. The molecule has 5 nitrogen and oxygen atoms in total. The quantitative estimate of drug-likeness (QED) is 0.781. The maximum Gasteiger partial charge on any atom is 0.300 e. The van der Waals surface area contributed by atoms with E-state index in [1.54, 1.807) is 30.3 Å². The largest absolute Gasteiger partial charge is 0.508 e. The van der Waals surface area contributed by atoms with Crippen LogP contribution in [0.25, 0.3) is 6.08 Å². The molecule has 1 saturated heterocycles. The number of thioether (sulfide) groups is 1. The fraction of sp³-hybridized carbons (Fsp3) is 0.0476. The first-order valence-electron chi connectivity index (χ1n) is 8.39. The minimum atomic E-state index is -0.268. The van der Waals surface area contributed by atoms with Gasteiger partial charge in [0.05, 0.1) is 10.6 Å². The van der Waals surface area contributed by atoms with Crippen molar-refractivity contribution in [3.63, 3.8) is 0 Å². The molecular weight excluding hydrogens is 360 g/mol. The van der Waals surface area contributed by atoms with Gasteiger partial charge < -0.3 is 9.94 Å². The number of carbonyl (C=O) groups excluding carboxylic acids is 1. The number of nitrogens with zero attached hydrogens (tertiary/aromatic N) is 2. The van der Waals surface area contributed by atoms with Crippen LogP contribution in [0.4, 0.5) is 5.69 Å². The Morgan fingerprint density at radius 1 is 1.11 bits per heavy atom. The highest BCUT2D eigenvalue weighted by Crippen LogP contribution is 2.35. The Bertz CT molecular complexity index is 976. The van der Waals surface area contributed by atoms with Gasteiger partial charge in [-0.1, -0.05) is 42.5 Å². The lowest BCUT2D eigenvalue weighted by Crippen LogP contribution is -2.28. The summed E-state index contributed by atoms with van der Waals surface area (Å²) < 4.78 is 0. The summed E-state index contributed by atoms with van der Waals surface area (Å²) in [7, 11) is 0. The molecule has 1 N–H and O–H groups in total. The van der Waals surface area contributed by atoms with E-state index >= 15 is 0 Å². The highest BCUT2D eigenvalue weighted by atomic mass is 32.2. The molecule has 4 rings (SSSR count). The topological polar surface area (TPSA) is 62.1 Å². The lowest BCUT2D eigenvalue weighted by atomic mass is 10.2. The number of benzene rings is 2. The molecule has 2 aliphatic rings. The lowest BCUT2D eigenvalue weighted by Gasteiger charge is -2.16. The Morgan fingerprint density at radius 2 is 1.89 bits per heavy atom. The van der Waals surface area contributed by atoms with E-state index in [2.05, 4.69) is 4.99 Å². The van der Waals surface area contributed by atoms with E-state index in [-0.39, 0.29) is 11.7 Å². The maximum atomic E-state index is 12.9. The summed E-state index contributed by atoms with van der Waals surface area (Å²) >= 11 is 1.26. The van der Waals surface area contributed by atoms with Crippen molar-refractivity contribution >= 4 is 34.6 Å². The van der Waals surface area contributed by atoms with Crippen LogP contribution in [0.3, 0.4) is 0 Å². The molecule has 0 bridgehead atoms. The van der Waals surface area contributed by atoms with E-state index in [1.807, 2.05) is 48.6 Å². The Kier molecular flexibility index (Phi) is 4.80. The fourth-order valence-corrected chi connectivity index (χ4v) is 3.47. The summed E-state index contributed by atoms with van der Waals surface area (Å²) in [5, 5.41) is 11.1. The molecule has 0 atom stereocenters. The van der Waals surface area contributed by atoms with E-state index in [4.69, 9.17) is 4.84 Å². The van der Waals surface area contributed by atoms with Crippen LogP contribution in [0.15, 0.2) is 88.5 Å². The number of hydroxylamine groups is 2. The Balaban J connectivity index is 1.66. The maximum absolute atomic E-state index is 12.9. The van der Waals surface area contributed by atoms with Gasteiger partial charge in [-0.3, -0.25) is 4.79 Å².